The third-order valence-corrected chi connectivity index (χ3v) is 7.36. The van der Waals surface area contributed by atoms with E-state index in [-0.39, 0.29) is 35.8 Å². The number of piperazine rings is 1. The number of benzene rings is 1. The Balaban J connectivity index is 1.78. The minimum absolute atomic E-state index is 0.0460. The van der Waals surface area contributed by atoms with E-state index in [1.54, 1.807) is 17.0 Å². The minimum Gasteiger partial charge on any atom is -0.340 e. The molecule has 0 aliphatic carbocycles. The Bertz CT molecular complexity index is 816. The lowest BCUT2D eigenvalue weighted by Crippen LogP contribution is -2.49. The molecule has 2 saturated heterocycles. The van der Waals surface area contributed by atoms with Crippen LogP contribution in [0.4, 0.5) is 0 Å². The predicted molar refractivity (Wildman–Crippen MR) is 102 cm³/mol. The van der Waals surface area contributed by atoms with Gasteiger partial charge in [0.1, 0.15) is 0 Å². The highest BCUT2D eigenvalue weighted by atomic mass is 32.2. The van der Waals surface area contributed by atoms with Gasteiger partial charge in [-0.2, -0.15) is 4.31 Å². The summed E-state index contributed by atoms with van der Waals surface area (Å²) in [5.74, 6) is -0.157. The van der Waals surface area contributed by atoms with Crippen LogP contribution in [0.2, 0.25) is 0 Å². The number of likely N-dealkylation sites (tertiary alicyclic amines) is 1. The average molecular weight is 394 g/mol. The molecule has 8 heteroatoms. The van der Waals surface area contributed by atoms with E-state index >= 15 is 0 Å². The van der Waals surface area contributed by atoms with Crippen molar-refractivity contribution in [3.05, 3.63) is 29.8 Å². The van der Waals surface area contributed by atoms with Crippen LogP contribution in [0.1, 0.15) is 43.5 Å². The monoisotopic (exact) mass is 393 g/mol. The van der Waals surface area contributed by atoms with Crippen LogP contribution in [0, 0.1) is 0 Å². The van der Waals surface area contributed by atoms with Crippen molar-refractivity contribution in [1.29, 1.82) is 0 Å². The topological polar surface area (TPSA) is 78.0 Å². The molecule has 1 aromatic rings. The van der Waals surface area contributed by atoms with Gasteiger partial charge < -0.3 is 9.80 Å². The largest absolute Gasteiger partial charge is 0.340 e. The highest BCUT2D eigenvalue weighted by molar-refractivity contribution is 7.89. The van der Waals surface area contributed by atoms with Gasteiger partial charge in [0.25, 0.3) is 5.91 Å². The van der Waals surface area contributed by atoms with Crippen molar-refractivity contribution in [3.8, 4) is 0 Å². The smallest absolute Gasteiger partial charge is 0.254 e. The van der Waals surface area contributed by atoms with E-state index in [0.717, 1.165) is 19.3 Å². The number of nitrogens with zero attached hydrogens (tertiary/aromatic N) is 3. The minimum atomic E-state index is -3.69. The normalized spacial score (nSPS) is 21.9. The SMILES string of the molecule is CC(=O)N1CCN(S(=O)(=O)c2cccc(C(=O)N3CCCCC3C)c2)CC1. The fourth-order valence-corrected chi connectivity index (χ4v) is 5.22. The first-order chi connectivity index (χ1) is 12.8. The number of hydrogen-bond acceptors (Lipinski definition) is 4. The van der Waals surface area contributed by atoms with Crippen LogP contribution in [-0.4, -0.2) is 73.1 Å². The van der Waals surface area contributed by atoms with Crippen molar-refractivity contribution >= 4 is 21.8 Å². The number of hydrogen-bond donors (Lipinski definition) is 0. The lowest BCUT2D eigenvalue weighted by molar-refractivity contribution is -0.129. The van der Waals surface area contributed by atoms with Gasteiger partial charge in [-0.05, 0) is 44.4 Å². The molecule has 1 atom stereocenters. The number of sulfonamides is 1. The summed E-state index contributed by atoms with van der Waals surface area (Å²) in [4.78, 5) is 27.9. The maximum Gasteiger partial charge on any atom is 0.254 e. The number of rotatable bonds is 3. The van der Waals surface area contributed by atoms with Gasteiger partial charge in [0.05, 0.1) is 4.90 Å². The summed E-state index contributed by atoms with van der Waals surface area (Å²) >= 11 is 0. The molecular formula is C19H27N3O4S. The van der Waals surface area contributed by atoms with Crippen molar-refractivity contribution in [1.82, 2.24) is 14.1 Å². The number of amides is 2. The van der Waals surface area contributed by atoms with Crippen molar-refractivity contribution in [2.24, 2.45) is 0 Å². The van der Waals surface area contributed by atoms with Gasteiger partial charge in [-0.3, -0.25) is 9.59 Å². The highest BCUT2D eigenvalue weighted by Gasteiger charge is 2.30. The Labute approximate surface area is 161 Å². The highest BCUT2D eigenvalue weighted by Crippen LogP contribution is 2.23. The first kappa shape index (κ1) is 19.8. The van der Waals surface area contributed by atoms with Crippen molar-refractivity contribution in [3.63, 3.8) is 0 Å². The molecule has 2 heterocycles. The van der Waals surface area contributed by atoms with E-state index in [1.165, 1.54) is 23.4 Å². The van der Waals surface area contributed by atoms with Gasteiger partial charge in [-0.15, -0.1) is 0 Å². The van der Waals surface area contributed by atoms with Gasteiger partial charge in [0.2, 0.25) is 15.9 Å². The zero-order valence-corrected chi connectivity index (χ0v) is 16.7. The maximum atomic E-state index is 13.0. The lowest BCUT2D eigenvalue weighted by atomic mass is 10.0. The van der Waals surface area contributed by atoms with E-state index < -0.39 is 10.0 Å². The zero-order valence-electron chi connectivity index (χ0n) is 15.9. The molecule has 1 unspecified atom stereocenters. The second-order valence-electron chi connectivity index (χ2n) is 7.28. The summed E-state index contributed by atoms with van der Waals surface area (Å²) in [6, 6.07) is 6.49. The molecule has 2 aliphatic heterocycles. The quantitative estimate of drug-likeness (QED) is 0.781. The molecule has 0 bridgehead atoms. The van der Waals surface area contributed by atoms with Crippen LogP contribution in [0.3, 0.4) is 0 Å². The number of carbonyl (C=O) groups excluding carboxylic acids is 2. The molecule has 148 valence electrons. The molecule has 2 aliphatic rings. The zero-order chi connectivity index (χ0) is 19.6. The molecule has 1 aromatic carbocycles. The van der Waals surface area contributed by atoms with E-state index in [4.69, 9.17) is 0 Å². The molecule has 2 amide bonds. The molecule has 0 saturated carbocycles. The molecule has 3 rings (SSSR count). The van der Waals surface area contributed by atoms with Crippen LogP contribution in [0.25, 0.3) is 0 Å². The molecule has 27 heavy (non-hydrogen) atoms. The summed E-state index contributed by atoms with van der Waals surface area (Å²) in [6.07, 6.45) is 3.07. The van der Waals surface area contributed by atoms with Crippen molar-refractivity contribution in [2.75, 3.05) is 32.7 Å². The lowest BCUT2D eigenvalue weighted by Gasteiger charge is -2.34. The summed E-state index contributed by atoms with van der Waals surface area (Å²) in [5, 5.41) is 0. The van der Waals surface area contributed by atoms with E-state index in [0.29, 0.717) is 25.2 Å². The molecule has 0 spiro atoms. The Morgan fingerprint density at radius 2 is 1.74 bits per heavy atom. The average Bonchev–Trinajstić information content (AvgIpc) is 2.68. The van der Waals surface area contributed by atoms with Crippen LogP contribution >= 0.6 is 0 Å². The number of piperidine rings is 1. The Morgan fingerprint density at radius 1 is 1.04 bits per heavy atom. The second kappa shape index (κ2) is 7.98. The van der Waals surface area contributed by atoms with Crippen LogP contribution < -0.4 is 0 Å². The predicted octanol–water partition coefficient (Wildman–Crippen LogP) is 1.55. The van der Waals surface area contributed by atoms with E-state index in [9.17, 15) is 18.0 Å². The van der Waals surface area contributed by atoms with Gasteiger partial charge in [0.15, 0.2) is 0 Å². The summed E-state index contributed by atoms with van der Waals surface area (Å²) in [7, 11) is -3.69. The third-order valence-electron chi connectivity index (χ3n) is 5.47. The number of carbonyl (C=O) groups is 2. The van der Waals surface area contributed by atoms with Gasteiger partial charge in [-0.1, -0.05) is 6.07 Å². The van der Waals surface area contributed by atoms with Gasteiger partial charge in [0, 0.05) is 51.3 Å². The fourth-order valence-electron chi connectivity index (χ4n) is 3.75. The van der Waals surface area contributed by atoms with E-state index in [2.05, 4.69) is 0 Å². The van der Waals surface area contributed by atoms with Crippen molar-refractivity contribution < 1.29 is 18.0 Å². The van der Waals surface area contributed by atoms with E-state index in [1.807, 2.05) is 11.8 Å². The van der Waals surface area contributed by atoms with Crippen molar-refractivity contribution in [2.45, 2.75) is 44.0 Å². The Kier molecular flexibility index (Phi) is 5.86. The fraction of sp³-hybridized carbons (Fsp3) is 0.579. The Morgan fingerprint density at radius 3 is 2.37 bits per heavy atom. The first-order valence-corrected chi connectivity index (χ1v) is 10.9. The maximum absolute atomic E-state index is 13.0. The van der Waals surface area contributed by atoms with Crippen LogP contribution in [0.5, 0.6) is 0 Å². The summed E-state index contributed by atoms with van der Waals surface area (Å²) < 4.78 is 27.3. The van der Waals surface area contributed by atoms with Crippen LogP contribution in [-0.2, 0) is 14.8 Å². The second-order valence-corrected chi connectivity index (χ2v) is 9.22. The molecule has 0 aromatic heterocycles. The molecule has 2 fully saturated rings. The standard InChI is InChI=1S/C19H27N3O4S/c1-15-6-3-4-9-22(15)19(24)17-7-5-8-18(14-17)27(25,26)21-12-10-20(11-13-21)16(2)23/h5,7-8,14-15H,3-4,6,9-13H2,1-2H3. The third kappa shape index (κ3) is 4.16. The van der Waals surface area contributed by atoms with Gasteiger partial charge in [-0.25, -0.2) is 8.42 Å². The Hall–Kier alpha value is -1.93. The first-order valence-electron chi connectivity index (χ1n) is 9.47. The summed E-state index contributed by atoms with van der Waals surface area (Å²) in [5.41, 5.74) is 0.409. The molecule has 0 N–H and O–H groups in total. The molecule has 0 radical (unpaired) electrons. The summed E-state index contributed by atoms with van der Waals surface area (Å²) in [6.45, 7) is 5.54. The van der Waals surface area contributed by atoms with Gasteiger partial charge >= 0.3 is 0 Å². The van der Waals surface area contributed by atoms with Crippen LogP contribution in [0.15, 0.2) is 29.2 Å². The molecule has 7 nitrogen and oxygen atoms in total. The molecular weight excluding hydrogens is 366 g/mol.